The van der Waals surface area contributed by atoms with Crippen molar-refractivity contribution in [3.8, 4) is 0 Å². The van der Waals surface area contributed by atoms with Crippen molar-refractivity contribution in [2.24, 2.45) is 0 Å². The molecule has 0 atom stereocenters. The zero-order valence-corrected chi connectivity index (χ0v) is 14.5. The van der Waals surface area contributed by atoms with Gasteiger partial charge in [-0.05, 0) is 33.3 Å². The highest BCUT2D eigenvalue weighted by Crippen LogP contribution is 2.22. The second-order valence-corrected chi connectivity index (χ2v) is 5.93. The Morgan fingerprint density at radius 3 is 2.38 bits per heavy atom. The van der Waals surface area contributed by atoms with E-state index in [0.717, 1.165) is 22.3 Å². The number of aryl methyl sites for hydroxylation is 1. The summed E-state index contributed by atoms with van der Waals surface area (Å²) in [5, 5.41) is 0.825. The molecule has 4 nitrogen and oxygen atoms in total. The Morgan fingerprint density at radius 2 is 1.76 bits per heavy atom. The average Bonchev–Trinajstić information content (AvgIpc) is 2.46. The SMILES string of the molecule is CCCCCCSc1nc(C)cc(C(OCC)OCC)n1. The fourth-order valence-electron chi connectivity index (χ4n) is 1.96. The minimum atomic E-state index is -0.388. The van der Waals surface area contributed by atoms with Gasteiger partial charge in [0.2, 0.25) is 6.29 Å². The first-order valence-corrected chi connectivity index (χ1v) is 8.91. The van der Waals surface area contributed by atoms with Crippen molar-refractivity contribution < 1.29 is 9.47 Å². The summed E-state index contributed by atoms with van der Waals surface area (Å²) in [4.78, 5) is 9.09. The van der Waals surface area contributed by atoms with E-state index < -0.39 is 0 Å². The van der Waals surface area contributed by atoms with Crippen molar-refractivity contribution in [3.05, 3.63) is 17.5 Å². The molecule has 0 N–H and O–H groups in total. The van der Waals surface area contributed by atoms with E-state index >= 15 is 0 Å². The van der Waals surface area contributed by atoms with Crippen LogP contribution in [0.1, 0.15) is 64.1 Å². The van der Waals surface area contributed by atoms with E-state index in [-0.39, 0.29) is 6.29 Å². The highest BCUT2D eigenvalue weighted by molar-refractivity contribution is 7.99. The summed E-state index contributed by atoms with van der Waals surface area (Å²) in [6.45, 7) is 9.35. The molecule has 0 saturated heterocycles. The number of thioether (sulfide) groups is 1. The number of rotatable bonds is 11. The summed E-state index contributed by atoms with van der Waals surface area (Å²) in [7, 11) is 0. The van der Waals surface area contributed by atoms with Crippen LogP contribution in [0.4, 0.5) is 0 Å². The first-order valence-electron chi connectivity index (χ1n) is 7.92. The fourth-order valence-corrected chi connectivity index (χ4v) is 2.87. The molecule has 0 unspecified atom stereocenters. The molecule has 0 saturated carbocycles. The standard InChI is InChI=1S/C16H28N2O2S/c1-5-8-9-10-11-21-16-17-13(4)12-14(18-16)15(19-6-2)20-7-3/h12,15H,5-11H2,1-4H3. The van der Waals surface area contributed by atoms with Crippen LogP contribution in [0.3, 0.4) is 0 Å². The lowest BCUT2D eigenvalue weighted by atomic mass is 10.2. The molecule has 0 aliphatic rings. The van der Waals surface area contributed by atoms with Crippen molar-refractivity contribution in [1.82, 2.24) is 9.97 Å². The molecule has 1 aromatic rings. The number of aromatic nitrogens is 2. The van der Waals surface area contributed by atoms with Gasteiger partial charge in [-0.3, -0.25) is 0 Å². The zero-order chi connectivity index (χ0) is 15.5. The van der Waals surface area contributed by atoms with Crippen molar-refractivity contribution >= 4 is 11.8 Å². The van der Waals surface area contributed by atoms with E-state index in [2.05, 4.69) is 16.9 Å². The summed E-state index contributed by atoms with van der Waals surface area (Å²) < 4.78 is 11.2. The first-order chi connectivity index (χ1) is 10.2. The van der Waals surface area contributed by atoms with E-state index in [1.165, 1.54) is 25.7 Å². The predicted octanol–water partition coefficient (Wildman–Crippen LogP) is 4.53. The molecule has 1 heterocycles. The summed E-state index contributed by atoms with van der Waals surface area (Å²) in [5.74, 6) is 1.07. The summed E-state index contributed by atoms with van der Waals surface area (Å²) in [5.41, 5.74) is 1.78. The Bertz CT molecular complexity index is 396. The van der Waals surface area contributed by atoms with Gasteiger partial charge in [0.05, 0.1) is 0 Å². The average molecular weight is 312 g/mol. The molecule has 0 amide bonds. The molecule has 0 aromatic carbocycles. The predicted molar refractivity (Wildman–Crippen MR) is 87.6 cm³/mol. The minimum absolute atomic E-state index is 0.388. The second kappa shape index (κ2) is 11.0. The summed E-state index contributed by atoms with van der Waals surface area (Å²) in [6, 6.07) is 1.94. The molecule has 21 heavy (non-hydrogen) atoms. The Hall–Kier alpha value is -0.650. The molecule has 0 aliphatic carbocycles. The molecule has 0 fully saturated rings. The van der Waals surface area contributed by atoms with E-state index in [4.69, 9.17) is 9.47 Å². The van der Waals surface area contributed by atoms with Gasteiger partial charge in [-0.1, -0.05) is 37.9 Å². The van der Waals surface area contributed by atoms with Gasteiger partial charge in [0.1, 0.15) is 5.69 Å². The lowest BCUT2D eigenvalue weighted by Gasteiger charge is -2.17. The van der Waals surface area contributed by atoms with Gasteiger partial charge in [0.15, 0.2) is 5.16 Å². The largest absolute Gasteiger partial charge is 0.347 e. The van der Waals surface area contributed by atoms with Crippen LogP contribution in [0.15, 0.2) is 11.2 Å². The molecule has 1 rings (SSSR count). The second-order valence-electron chi connectivity index (χ2n) is 4.87. The molecule has 0 bridgehead atoms. The lowest BCUT2D eigenvalue weighted by molar-refractivity contribution is -0.143. The number of unbranched alkanes of at least 4 members (excludes halogenated alkanes) is 3. The maximum absolute atomic E-state index is 5.61. The normalized spacial score (nSPS) is 11.3. The Morgan fingerprint density at radius 1 is 1.05 bits per heavy atom. The van der Waals surface area contributed by atoms with Crippen LogP contribution in [-0.4, -0.2) is 28.9 Å². The van der Waals surface area contributed by atoms with Crippen molar-refractivity contribution in [2.45, 2.75) is 64.8 Å². The van der Waals surface area contributed by atoms with E-state index in [1.807, 2.05) is 26.8 Å². The van der Waals surface area contributed by atoms with E-state index in [0.29, 0.717) is 13.2 Å². The van der Waals surface area contributed by atoms with Gasteiger partial charge in [0, 0.05) is 24.7 Å². The van der Waals surface area contributed by atoms with Crippen LogP contribution < -0.4 is 0 Å². The molecular formula is C16H28N2O2S. The third-order valence-corrected chi connectivity index (χ3v) is 3.89. The summed E-state index contributed by atoms with van der Waals surface area (Å²) >= 11 is 1.72. The maximum Gasteiger partial charge on any atom is 0.201 e. The Labute approximate surface area is 133 Å². The minimum Gasteiger partial charge on any atom is -0.347 e. The van der Waals surface area contributed by atoms with Crippen LogP contribution >= 0.6 is 11.8 Å². The molecule has 1 aromatic heterocycles. The highest BCUT2D eigenvalue weighted by atomic mass is 32.2. The highest BCUT2D eigenvalue weighted by Gasteiger charge is 2.15. The number of hydrogen-bond donors (Lipinski definition) is 0. The van der Waals surface area contributed by atoms with E-state index in [1.54, 1.807) is 11.8 Å². The smallest absolute Gasteiger partial charge is 0.201 e. The van der Waals surface area contributed by atoms with Crippen LogP contribution in [0.2, 0.25) is 0 Å². The number of hydrogen-bond acceptors (Lipinski definition) is 5. The molecular weight excluding hydrogens is 284 g/mol. The number of ether oxygens (including phenoxy) is 2. The topological polar surface area (TPSA) is 44.2 Å². The van der Waals surface area contributed by atoms with Crippen LogP contribution in [0.5, 0.6) is 0 Å². The van der Waals surface area contributed by atoms with Crippen molar-refractivity contribution in [2.75, 3.05) is 19.0 Å². The Kier molecular flexibility index (Phi) is 9.63. The maximum atomic E-state index is 5.61. The molecule has 5 heteroatoms. The molecule has 0 radical (unpaired) electrons. The third-order valence-electron chi connectivity index (χ3n) is 2.96. The van der Waals surface area contributed by atoms with Crippen LogP contribution in [0.25, 0.3) is 0 Å². The quantitative estimate of drug-likeness (QED) is 0.260. The molecule has 0 aliphatic heterocycles. The monoisotopic (exact) mass is 312 g/mol. The number of nitrogens with zero attached hydrogens (tertiary/aromatic N) is 2. The van der Waals surface area contributed by atoms with Crippen LogP contribution in [0, 0.1) is 6.92 Å². The van der Waals surface area contributed by atoms with Gasteiger partial charge in [-0.2, -0.15) is 0 Å². The van der Waals surface area contributed by atoms with E-state index in [9.17, 15) is 0 Å². The summed E-state index contributed by atoms with van der Waals surface area (Å²) in [6.07, 6.45) is 4.67. The van der Waals surface area contributed by atoms with Crippen LogP contribution in [-0.2, 0) is 9.47 Å². The van der Waals surface area contributed by atoms with Gasteiger partial charge in [-0.15, -0.1) is 0 Å². The zero-order valence-electron chi connectivity index (χ0n) is 13.7. The lowest BCUT2D eigenvalue weighted by Crippen LogP contribution is -2.12. The van der Waals surface area contributed by atoms with Gasteiger partial charge in [-0.25, -0.2) is 9.97 Å². The third kappa shape index (κ3) is 7.25. The van der Waals surface area contributed by atoms with Crippen molar-refractivity contribution in [3.63, 3.8) is 0 Å². The van der Waals surface area contributed by atoms with Crippen molar-refractivity contribution in [1.29, 1.82) is 0 Å². The van der Waals surface area contributed by atoms with Gasteiger partial charge < -0.3 is 9.47 Å². The fraction of sp³-hybridized carbons (Fsp3) is 0.750. The molecule has 120 valence electrons. The first kappa shape index (κ1) is 18.4. The Balaban J connectivity index is 2.64. The molecule has 0 spiro atoms. The van der Waals surface area contributed by atoms with Gasteiger partial charge >= 0.3 is 0 Å². The van der Waals surface area contributed by atoms with Gasteiger partial charge in [0.25, 0.3) is 0 Å².